The van der Waals surface area contributed by atoms with Gasteiger partial charge in [0.05, 0.1) is 39.2 Å². The number of fused-ring (bicyclic) bond motifs is 10. The first kappa shape index (κ1) is 28.0. The first-order valence-electron chi connectivity index (χ1n) is 17.3. The van der Waals surface area contributed by atoms with Crippen molar-refractivity contribution in [2.24, 2.45) is 4.99 Å². The molecule has 1 unspecified atom stereocenters. The second-order valence-electron chi connectivity index (χ2n) is 13.2. The molecule has 5 heteroatoms. The van der Waals surface area contributed by atoms with Gasteiger partial charge in [0.1, 0.15) is 11.2 Å². The molecule has 0 fully saturated rings. The summed E-state index contributed by atoms with van der Waals surface area (Å²) in [6.45, 7) is 0. The standard InChI is InChI=1S/C46H30N4O/c1-4-14-29(15-5-1)37-27-38(30-16-6-2-7-17-30)48-46(47-37)50-40-23-13-11-21-33(40)35-26-36-43(28-41(35)50)51-42-25-24-34-32-20-10-12-22-39(32)49(45(34)44(36)42)31-18-8-3-9-19-31/h1-28,37H,(H,47,48). The fourth-order valence-corrected chi connectivity index (χ4v) is 8.10. The van der Waals surface area contributed by atoms with Crippen molar-refractivity contribution in [2.45, 2.75) is 6.04 Å². The van der Waals surface area contributed by atoms with Crippen molar-refractivity contribution in [3.63, 3.8) is 0 Å². The molecule has 1 N–H and O–H groups in total. The zero-order valence-corrected chi connectivity index (χ0v) is 27.5. The second-order valence-corrected chi connectivity index (χ2v) is 13.2. The molecule has 11 rings (SSSR count). The minimum absolute atomic E-state index is 0.0618. The molecule has 0 bridgehead atoms. The predicted molar refractivity (Wildman–Crippen MR) is 211 cm³/mol. The lowest BCUT2D eigenvalue weighted by atomic mass is 10.0. The van der Waals surface area contributed by atoms with Crippen molar-refractivity contribution >= 4 is 77.2 Å². The highest BCUT2D eigenvalue weighted by molar-refractivity contribution is 6.27. The summed E-state index contributed by atoms with van der Waals surface area (Å²) in [5, 5.41) is 10.8. The molecule has 0 spiro atoms. The van der Waals surface area contributed by atoms with E-state index in [1.807, 2.05) is 6.07 Å². The summed E-state index contributed by atoms with van der Waals surface area (Å²) in [5.41, 5.74) is 10.5. The maximum atomic E-state index is 6.78. The first-order chi connectivity index (χ1) is 25.3. The van der Waals surface area contributed by atoms with Crippen LogP contribution in [0.2, 0.25) is 0 Å². The number of hydrogen-bond donors (Lipinski definition) is 1. The molecule has 0 saturated heterocycles. The molecule has 0 aliphatic carbocycles. The third kappa shape index (κ3) is 4.18. The number of hydrogen-bond acceptors (Lipinski definition) is 3. The number of nitrogens with one attached hydrogen (secondary N) is 1. The van der Waals surface area contributed by atoms with Crippen molar-refractivity contribution in [3.8, 4) is 5.69 Å². The van der Waals surface area contributed by atoms with Gasteiger partial charge in [0.25, 0.3) is 0 Å². The Hall–Kier alpha value is -6.85. The molecule has 0 radical (unpaired) electrons. The van der Waals surface area contributed by atoms with Gasteiger partial charge >= 0.3 is 0 Å². The minimum Gasteiger partial charge on any atom is -0.456 e. The first-order valence-corrected chi connectivity index (χ1v) is 17.3. The second kappa shape index (κ2) is 10.8. The van der Waals surface area contributed by atoms with Gasteiger partial charge in [0, 0.05) is 44.2 Å². The van der Waals surface area contributed by atoms with E-state index in [1.165, 1.54) is 21.9 Å². The van der Waals surface area contributed by atoms with Gasteiger partial charge in [0.2, 0.25) is 5.96 Å². The maximum Gasteiger partial charge on any atom is 0.209 e. The van der Waals surface area contributed by atoms with Crippen LogP contribution in [0.15, 0.2) is 179 Å². The number of nitrogens with zero attached hydrogens (tertiary/aromatic N) is 3. The Bertz CT molecular complexity index is 3040. The van der Waals surface area contributed by atoms with Crippen LogP contribution < -0.4 is 5.32 Å². The van der Waals surface area contributed by atoms with Gasteiger partial charge in [-0.1, -0.05) is 115 Å². The number of rotatable bonds is 3. The number of benzene rings is 7. The lowest BCUT2D eigenvalue weighted by Crippen LogP contribution is -2.35. The van der Waals surface area contributed by atoms with Crippen molar-refractivity contribution in [2.75, 3.05) is 0 Å². The van der Waals surface area contributed by atoms with Crippen LogP contribution in [0.4, 0.5) is 0 Å². The lowest BCUT2D eigenvalue weighted by Gasteiger charge is -2.25. The van der Waals surface area contributed by atoms with Crippen LogP contribution >= 0.6 is 0 Å². The van der Waals surface area contributed by atoms with Crippen molar-refractivity contribution in [1.29, 1.82) is 0 Å². The monoisotopic (exact) mass is 654 g/mol. The molecule has 0 amide bonds. The van der Waals surface area contributed by atoms with Gasteiger partial charge in [-0.15, -0.1) is 0 Å². The third-order valence-electron chi connectivity index (χ3n) is 10.4. The number of aliphatic imine (C=N–C) groups is 1. The van der Waals surface area contributed by atoms with Crippen molar-refractivity contribution in [1.82, 2.24) is 14.5 Å². The Kier molecular flexibility index (Phi) is 5.95. The Balaban J connectivity index is 1.21. The summed E-state index contributed by atoms with van der Waals surface area (Å²) in [6.07, 6.45) is 2.22. The summed E-state index contributed by atoms with van der Waals surface area (Å²) in [6, 6.07) is 57.7. The summed E-state index contributed by atoms with van der Waals surface area (Å²) in [7, 11) is 0. The van der Waals surface area contributed by atoms with E-state index in [0.717, 1.165) is 72.2 Å². The summed E-state index contributed by atoms with van der Waals surface area (Å²) in [4.78, 5) is 5.30. The van der Waals surface area contributed by atoms with E-state index in [4.69, 9.17) is 9.41 Å². The zero-order chi connectivity index (χ0) is 33.5. The number of para-hydroxylation sites is 3. The molecule has 7 aromatic carbocycles. The van der Waals surface area contributed by atoms with E-state index in [1.54, 1.807) is 0 Å². The topological polar surface area (TPSA) is 47.4 Å². The van der Waals surface area contributed by atoms with Crippen LogP contribution in [0.3, 0.4) is 0 Å². The Morgan fingerprint density at radius 2 is 1.16 bits per heavy atom. The van der Waals surface area contributed by atoms with Crippen LogP contribution in [0, 0.1) is 0 Å². The summed E-state index contributed by atoms with van der Waals surface area (Å²) in [5.74, 6) is 0.776. The molecule has 1 aliphatic rings. The fraction of sp³-hybridized carbons (Fsp3) is 0.0217. The molecular weight excluding hydrogens is 625 g/mol. The highest BCUT2D eigenvalue weighted by atomic mass is 16.3. The SMILES string of the molecule is C1=C(c2ccccc2)N=C(n2c3ccccc3c3cc4c(cc32)oc2ccc3c5ccccc5n(-c5ccccc5)c3c24)NC1c1ccccc1. The van der Waals surface area contributed by atoms with Crippen LogP contribution in [-0.4, -0.2) is 15.1 Å². The lowest BCUT2D eigenvalue weighted by molar-refractivity contribution is 0.669. The molecule has 5 nitrogen and oxygen atoms in total. The summed E-state index contributed by atoms with van der Waals surface area (Å²) < 4.78 is 11.4. The fourth-order valence-electron chi connectivity index (χ4n) is 8.10. The van der Waals surface area contributed by atoms with Crippen molar-refractivity contribution in [3.05, 3.63) is 181 Å². The van der Waals surface area contributed by atoms with E-state index < -0.39 is 0 Å². The zero-order valence-electron chi connectivity index (χ0n) is 27.5. The summed E-state index contributed by atoms with van der Waals surface area (Å²) >= 11 is 0. The molecule has 0 saturated carbocycles. The minimum atomic E-state index is -0.0618. The third-order valence-corrected chi connectivity index (χ3v) is 10.4. The van der Waals surface area contributed by atoms with E-state index in [2.05, 4.69) is 178 Å². The Labute approximate surface area is 293 Å². The number of furan rings is 1. The highest BCUT2D eigenvalue weighted by Crippen LogP contribution is 2.43. The molecule has 4 heterocycles. The van der Waals surface area contributed by atoms with Gasteiger partial charge in [-0.25, -0.2) is 4.99 Å². The molecule has 1 aliphatic heterocycles. The van der Waals surface area contributed by atoms with E-state index >= 15 is 0 Å². The molecule has 1 atom stereocenters. The predicted octanol–water partition coefficient (Wildman–Crippen LogP) is 11.4. The largest absolute Gasteiger partial charge is 0.456 e. The van der Waals surface area contributed by atoms with Gasteiger partial charge < -0.3 is 14.3 Å². The molecule has 240 valence electrons. The quantitative estimate of drug-likeness (QED) is 0.206. The van der Waals surface area contributed by atoms with Gasteiger partial charge in [-0.2, -0.15) is 0 Å². The molecular formula is C46H30N4O. The molecule has 10 aromatic rings. The van der Waals surface area contributed by atoms with Crippen LogP contribution in [-0.2, 0) is 0 Å². The van der Waals surface area contributed by atoms with E-state index in [9.17, 15) is 0 Å². The smallest absolute Gasteiger partial charge is 0.209 e. The van der Waals surface area contributed by atoms with E-state index in [0.29, 0.717) is 0 Å². The van der Waals surface area contributed by atoms with E-state index in [-0.39, 0.29) is 6.04 Å². The maximum absolute atomic E-state index is 6.78. The van der Waals surface area contributed by atoms with Crippen LogP contribution in [0.5, 0.6) is 0 Å². The average molecular weight is 655 g/mol. The van der Waals surface area contributed by atoms with Crippen LogP contribution in [0.25, 0.3) is 76.9 Å². The molecule has 51 heavy (non-hydrogen) atoms. The highest BCUT2D eigenvalue weighted by Gasteiger charge is 2.25. The Morgan fingerprint density at radius 3 is 1.92 bits per heavy atom. The average Bonchev–Trinajstić information content (AvgIpc) is 3.85. The number of aromatic nitrogens is 2. The van der Waals surface area contributed by atoms with Gasteiger partial charge in [-0.3, -0.25) is 4.57 Å². The van der Waals surface area contributed by atoms with Crippen molar-refractivity contribution < 1.29 is 4.42 Å². The van der Waals surface area contributed by atoms with Gasteiger partial charge in [-0.05, 0) is 54.1 Å². The molecule has 3 aromatic heterocycles. The normalized spacial score (nSPS) is 14.9. The van der Waals surface area contributed by atoms with Gasteiger partial charge in [0.15, 0.2) is 0 Å². The Morgan fingerprint density at radius 1 is 0.510 bits per heavy atom. The van der Waals surface area contributed by atoms with Crippen LogP contribution in [0.1, 0.15) is 17.2 Å².